The van der Waals surface area contributed by atoms with Gasteiger partial charge >= 0.3 is 5.97 Å². The van der Waals surface area contributed by atoms with Crippen molar-refractivity contribution >= 4 is 11.9 Å². The van der Waals surface area contributed by atoms with Crippen LogP contribution in [0.25, 0.3) is 0 Å². The summed E-state index contributed by atoms with van der Waals surface area (Å²) in [5.74, 6) is 0.414. The Kier molecular flexibility index (Phi) is 10.4. The molecule has 100 valence electrons. The smallest absolute Gasteiger partial charge is 0.305 e. The lowest BCUT2D eigenvalue weighted by Crippen LogP contribution is -2.03. The minimum atomic E-state index is -0.126. The van der Waals surface area contributed by atoms with Gasteiger partial charge in [0.15, 0.2) is 0 Å². The predicted octanol–water partition coefficient (Wildman–Crippen LogP) is 2.50. The Labute approximate surface area is 103 Å². The van der Waals surface area contributed by atoms with Crippen molar-refractivity contribution in [1.29, 1.82) is 0 Å². The van der Waals surface area contributed by atoms with Crippen molar-refractivity contribution in [2.75, 3.05) is 19.8 Å². The molecule has 0 spiro atoms. The first kappa shape index (κ1) is 15.7. The lowest BCUT2D eigenvalue weighted by atomic mass is 10.2. The van der Waals surface area contributed by atoms with Gasteiger partial charge in [-0.1, -0.05) is 5.16 Å². The Hall–Kier alpha value is -1.26. The molecule has 0 aromatic rings. The van der Waals surface area contributed by atoms with Gasteiger partial charge in [0.05, 0.1) is 13.2 Å². The summed E-state index contributed by atoms with van der Waals surface area (Å²) in [4.78, 5) is 16.1. The molecule has 0 aliphatic rings. The van der Waals surface area contributed by atoms with Crippen LogP contribution in [0, 0.1) is 0 Å². The number of nitrogens with zero attached hydrogens (tertiary/aromatic N) is 1. The Morgan fingerprint density at radius 2 is 1.76 bits per heavy atom. The number of ether oxygens (including phenoxy) is 2. The molecule has 0 aliphatic carbocycles. The van der Waals surface area contributed by atoms with E-state index in [1.165, 1.54) is 0 Å². The van der Waals surface area contributed by atoms with Gasteiger partial charge in [-0.25, -0.2) is 0 Å². The van der Waals surface area contributed by atoms with Crippen LogP contribution in [0.4, 0.5) is 0 Å². The van der Waals surface area contributed by atoms with Crippen LogP contribution >= 0.6 is 0 Å². The number of carbonyl (C=O) groups is 1. The number of hydrogen-bond donors (Lipinski definition) is 0. The van der Waals surface area contributed by atoms with Gasteiger partial charge in [-0.15, -0.1) is 0 Å². The highest BCUT2D eigenvalue weighted by Gasteiger charge is 2.00. The summed E-state index contributed by atoms with van der Waals surface area (Å²) < 4.78 is 9.91. The maximum absolute atomic E-state index is 11.0. The lowest BCUT2D eigenvalue weighted by Gasteiger charge is -2.03. The molecule has 0 heterocycles. The molecular formula is C12H23NO4. The van der Waals surface area contributed by atoms with Gasteiger partial charge in [0.2, 0.25) is 5.90 Å². The molecule has 0 aliphatic heterocycles. The van der Waals surface area contributed by atoms with Gasteiger partial charge in [0.25, 0.3) is 0 Å². The third-order valence-corrected chi connectivity index (χ3v) is 1.97. The van der Waals surface area contributed by atoms with Crippen molar-refractivity contribution in [1.82, 2.24) is 0 Å². The molecule has 5 heteroatoms. The van der Waals surface area contributed by atoms with Crippen LogP contribution in [-0.2, 0) is 19.1 Å². The molecule has 0 bridgehead atoms. The van der Waals surface area contributed by atoms with Gasteiger partial charge in [0, 0.05) is 13.3 Å². The van der Waals surface area contributed by atoms with E-state index in [1.54, 1.807) is 6.92 Å². The van der Waals surface area contributed by atoms with E-state index in [9.17, 15) is 4.79 Å². The average molecular weight is 245 g/mol. The first-order valence-corrected chi connectivity index (χ1v) is 6.15. The highest BCUT2D eigenvalue weighted by molar-refractivity contribution is 5.72. The fourth-order valence-corrected chi connectivity index (χ4v) is 1.22. The molecule has 0 rings (SSSR count). The quantitative estimate of drug-likeness (QED) is 0.206. The number of carbonyl (C=O) groups excluding carboxylic acids is 1. The van der Waals surface area contributed by atoms with Crippen molar-refractivity contribution in [3.8, 4) is 0 Å². The van der Waals surface area contributed by atoms with E-state index in [0.29, 0.717) is 32.1 Å². The van der Waals surface area contributed by atoms with Crippen LogP contribution in [-0.4, -0.2) is 31.7 Å². The summed E-state index contributed by atoms with van der Waals surface area (Å²) in [7, 11) is 0. The van der Waals surface area contributed by atoms with E-state index in [2.05, 4.69) is 5.16 Å². The summed E-state index contributed by atoms with van der Waals surface area (Å²) in [6.45, 7) is 7.06. The third-order valence-electron chi connectivity index (χ3n) is 1.97. The zero-order chi connectivity index (χ0) is 12.9. The maximum atomic E-state index is 11.0. The number of unbranched alkanes of at least 4 members (excludes halogenated alkanes) is 2. The van der Waals surface area contributed by atoms with Crippen LogP contribution in [0.3, 0.4) is 0 Å². The van der Waals surface area contributed by atoms with Crippen LogP contribution in [0.5, 0.6) is 0 Å². The maximum Gasteiger partial charge on any atom is 0.305 e. The van der Waals surface area contributed by atoms with Crippen LogP contribution < -0.4 is 0 Å². The first-order chi connectivity index (χ1) is 8.20. The van der Waals surface area contributed by atoms with Crippen LogP contribution in [0.1, 0.15) is 46.5 Å². The Bertz CT molecular complexity index is 229. The molecule has 0 saturated heterocycles. The zero-order valence-electron chi connectivity index (χ0n) is 11.0. The molecule has 0 radical (unpaired) electrons. The van der Waals surface area contributed by atoms with Crippen LogP contribution in [0.2, 0.25) is 0 Å². The van der Waals surface area contributed by atoms with Crippen LogP contribution in [0.15, 0.2) is 5.16 Å². The van der Waals surface area contributed by atoms with Gasteiger partial charge in [0.1, 0.15) is 6.61 Å². The van der Waals surface area contributed by atoms with E-state index in [1.807, 2.05) is 13.8 Å². The summed E-state index contributed by atoms with van der Waals surface area (Å²) in [5.41, 5.74) is 0. The number of rotatable bonds is 9. The molecule has 0 amide bonds. The second-order valence-electron chi connectivity index (χ2n) is 3.49. The predicted molar refractivity (Wildman–Crippen MR) is 65.8 cm³/mol. The average Bonchev–Trinajstić information content (AvgIpc) is 2.28. The fraction of sp³-hybridized carbons (Fsp3) is 0.833. The van der Waals surface area contributed by atoms with Crippen molar-refractivity contribution < 1.29 is 19.1 Å². The second kappa shape index (κ2) is 11.2. The van der Waals surface area contributed by atoms with Crippen molar-refractivity contribution in [3.05, 3.63) is 0 Å². The standard InChI is InChI=1S/C12H23NO4/c1-4-15-11(3)13-17-10-8-6-7-9-12(14)16-5-2/h4-10H2,1-3H3/b13-11+. The summed E-state index contributed by atoms with van der Waals surface area (Å²) in [6, 6.07) is 0. The molecule has 5 nitrogen and oxygen atoms in total. The summed E-state index contributed by atoms with van der Waals surface area (Å²) >= 11 is 0. The van der Waals surface area contributed by atoms with E-state index in [-0.39, 0.29) is 5.97 Å². The zero-order valence-corrected chi connectivity index (χ0v) is 11.0. The Morgan fingerprint density at radius 1 is 1.06 bits per heavy atom. The SMILES string of the molecule is CCOC(=O)CCCCCO/N=C(\C)OCC. The minimum absolute atomic E-state index is 0.126. The first-order valence-electron chi connectivity index (χ1n) is 6.15. The molecule has 0 unspecified atom stereocenters. The Morgan fingerprint density at radius 3 is 2.41 bits per heavy atom. The topological polar surface area (TPSA) is 57.1 Å². The highest BCUT2D eigenvalue weighted by Crippen LogP contribution is 2.02. The summed E-state index contributed by atoms with van der Waals surface area (Å²) in [5, 5.41) is 3.78. The summed E-state index contributed by atoms with van der Waals surface area (Å²) in [6.07, 6.45) is 3.12. The second-order valence-corrected chi connectivity index (χ2v) is 3.49. The molecular weight excluding hydrogens is 222 g/mol. The number of hydrogen-bond acceptors (Lipinski definition) is 5. The van der Waals surface area contributed by atoms with Gasteiger partial charge in [-0.05, 0) is 33.1 Å². The van der Waals surface area contributed by atoms with Crippen molar-refractivity contribution in [2.24, 2.45) is 5.16 Å². The van der Waals surface area contributed by atoms with E-state index < -0.39 is 0 Å². The number of oxime groups is 1. The van der Waals surface area contributed by atoms with Gasteiger partial charge in [-0.3, -0.25) is 4.79 Å². The van der Waals surface area contributed by atoms with Crippen molar-refractivity contribution in [2.45, 2.75) is 46.5 Å². The molecule has 17 heavy (non-hydrogen) atoms. The fourth-order valence-electron chi connectivity index (χ4n) is 1.22. The number of esters is 1. The lowest BCUT2D eigenvalue weighted by molar-refractivity contribution is -0.143. The molecule has 0 aromatic carbocycles. The largest absolute Gasteiger partial charge is 0.479 e. The Balaban J connectivity index is 3.29. The molecule has 0 atom stereocenters. The van der Waals surface area contributed by atoms with E-state index in [0.717, 1.165) is 19.3 Å². The molecule has 0 aromatic heterocycles. The third kappa shape index (κ3) is 11.0. The monoisotopic (exact) mass is 245 g/mol. The van der Waals surface area contributed by atoms with E-state index >= 15 is 0 Å². The van der Waals surface area contributed by atoms with Gasteiger partial charge in [-0.2, -0.15) is 0 Å². The normalized spacial score (nSPS) is 11.1. The highest BCUT2D eigenvalue weighted by atomic mass is 16.6. The van der Waals surface area contributed by atoms with E-state index in [4.69, 9.17) is 14.3 Å². The molecule has 0 fully saturated rings. The molecule has 0 saturated carbocycles. The van der Waals surface area contributed by atoms with Crippen molar-refractivity contribution in [3.63, 3.8) is 0 Å². The molecule has 0 N–H and O–H groups in total. The van der Waals surface area contributed by atoms with Gasteiger partial charge < -0.3 is 14.3 Å². The minimum Gasteiger partial charge on any atom is -0.479 e.